The molecule has 0 atom stereocenters. The molecule has 0 aromatic carbocycles. The van der Waals surface area contributed by atoms with Crippen LogP contribution in [0.1, 0.15) is 36.0 Å². The van der Waals surface area contributed by atoms with Crippen molar-refractivity contribution in [1.82, 2.24) is 4.98 Å². The van der Waals surface area contributed by atoms with E-state index in [9.17, 15) is 4.79 Å². The average Bonchev–Trinajstić information content (AvgIpc) is 2.73. The van der Waals surface area contributed by atoms with E-state index in [-0.39, 0.29) is 5.56 Å². The van der Waals surface area contributed by atoms with Crippen LogP contribution in [0.3, 0.4) is 0 Å². The molecule has 2 rings (SSSR count). The van der Waals surface area contributed by atoms with E-state index in [2.05, 4.69) is 4.98 Å². The van der Waals surface area contributed by atoms with Crippen LogP contribution in [-0.4, -0.2) is 21.3 Å². The second-order valence-electron chi connectivity index (χ2n) is 3.84. The number of nitrogens with zero attached hydrogens (tertiary/aromatic N) is 1. The van der Waals surface area contributed by atoms with Gasteiger partial charge in [0.15, 0.2) is 0 Å². The van der Waals surface area contributed by atoms with Gasteiger partial charge in [-0.15, -0.1) is 11.8 Å². The first kappa shape index (κ1) is 11.7. The molecule has 1 fully saturated rings. The number of carbonyl (C=O) groups is 1. The molecular formula is C11H12ClNO2S. The van der Waals surface area contributed by atoms with Gasteiger partial charge in [0.25, 0.3) is 0 Å². The predicted molar refractivity (Wildman–Crippen MR) is 64.3 cm³/mol. The summed E-state index contributed by atoms with van der Waals surface area (Å²) >= 11 is 7.67. The zero-order chi connectivity index (χ0) is 11.5. The highest BCUT2D eigenvalue weighted by Gasteiger charge is 2.18. The van der Waals surface area contributed by atoms with Crippen LogP contribution in [0, 0.1) is 0 Å². The molecule has 1 aliphatic carbocycles. The van der Waals surface area contributed by atoms with E-state index in [1.807, 2.05) is 0 Å². The number of halogens is 1. The molecule has 0 saturated heterocycles. The van der Waals surface area contributed by atoms with Crippen LogP contribution in [0.25, 0.3) is 0 Å². The SMILES string of the molecule is O=C(O)c1cnc(SC2CCCC2)c(Cl)c1. The number of carboxylic acid groups (broad SMARTS) is 1. The molecule has 0 amide bonds. The van der Waals surface area contributed by atoms with E-state index in [0.29, 0.717) is 10.3 Å². The first-order valence-electron chi connectivity index (χ1n) is 5.22. The Morgan fingerprint density at radius 3 is 2.75 bits per heavy atom. The largest absolute Gasteiger partial charge is 0.478 e. The fourth-order valence-corrected chi connectivity index (χ4v) is 3.26. The normalized spacial score (nSPS) is 16.6. The minimum atomic E-state index is -0.994. The molecule has 0 aliphatic heterocycles. The van der Waals surface area contributed by atoms with Crippen LogP contribution in [0.15, 0.2) is 17.3 Å². The number of hydrogen-bond acceptors (Lipinski definition) is 3. The van der Waals surface area contributed by atoms with Gasteiger partial charge >= 0.3 is 5.97 Å². The van der Waals surface area contributed by atoms with Gasteiger partial charge in [-0.1, -0.05) is 24.4 Å². The average molecular weight is 258 g/mol. The molecule has 16 heavy (non-hydrogen) atoms. The first-order chi connectivity index (χ1) is 7.66. The minimum absolute atomic E-state index is 0.140. The van der Waals surface area contributed by atoms with E-state index in [4.69, 9.17) is 16.7 Å². The zero-order valence-corrected chi connectivity index (χ0v) is 10.2. The van der Waals surface area contributed by atoms with Gasteiger partial charge in [-0.25, -0.2) is 9.78 Å². The molecular weight excluding hydrogens is 246 g/mol. The fourth-order valence-electron chi connectivity index (χ4n) is 1.79. The summed E-state index contributed by atoms with van der Waals surface area (Å²) in [4.78, 5) is 14.8. The van der Waals surface area contributed by atoms with Gasteiger partial charge in [-0.3, -0.25) is 0 Å². The molecule has 0 unspecified atom stereocenters. The zero-order valence-electron chi connectivity index (χ0n) is 8.65. The maximum atomic E-state index is 10.7. The number of aromatic carboxylic acids is 1. The molecule has 1 aliphatic rings. The Hall–Kier alpha value is -0.740. The molecule has 86 valence electrons. The second kappa shape index (κ2) is 5.06. The van der Waals surface area contributed by atoms with Gasteiger partial charge in [-0.05, 0) is 18.9 Å². The molecule has 1 aromatic heterocycles. The molecule has 1 saturated carbocycles. The molecule has 0 bridgehead atoms. The molecule has 1 N–H and O–H groups in total. The summed E-state index contributed by atoms with van der Waals surface area (Å²) < 4.78 is 0. The van der Waals surface area contributed by atoms with E-state index in [0.717, 1.165) is 5.03 Å². The predicted octanol–water partition coefficient (Wildman–Crippen LogP) is 3.47. The maximum absolute atomic E-state index is 10.7. The molecule has 5 heteroatoms. The molecule has 0 radical (unpaired) electrons. The van der Waals surface area contributed by atoms with Crippen molar-refractivity contribution in [3.05, 3.63) is 22.8 Å². The Morgan fingerprint density at radius 2 is 2.19 bits per heavy atom. The lowest BCUT2D eigenvalue weighted by Gasteiger charge is -2.09. The van der Waals surface area contributed by atoms with Crippen molar-refractivity contribution in [3.63, 3.8) is 0 Å². The van der Waals surface area contributed by atoms with Gasteiger partial charge < -0.3 is 5.11 Å². The van der Waals surface area contributed by atoms with Crippen molar-refractivity contribution in [1.29, 1.82) is 0 Å². The van der Waals surface area contributed by atoms with Crippen LogP contribution >= 0.6 is 23.4 Å². The van der Waals surface area contributed by atoms with Gasteiger partial charge in [0.1, 0.15) is 5.03 Å². The first-order valence-corrected chi connectivity index (χ1v) is 6.48. The van der Waals surface area contributed by atoms with Crippen LogP contribution in [0.4, 0.5) is 0 Å². The van der Waals surface area contributed by atoms with Gasteiger partial charge in [-0.2, -0.15) is 0 Å². The summed E-state index contributed by atoms with van der Waals surface area (Å²) in [6.07, 6.45) is 6.29. The van der Waals surface area contributed by atoms with Crippen LogP contribution < -0.4 is 0 Å². The maximum Gasteiger partial charge on any atom is 0.337 e. The Labute approximate surface area is 103 Å². The lowest BCUT2D eigenvalue weighted by molar-refractivity contribution is 0.0696. The van der Waals surface area contributed by atoms with Crippen molar-refractivity contribution in [2.45, 2.75) is 36.0 Å². The third-order valence-electron chi connectivity index (χ3n) is 2.63. The van der Waals surface area contributed by atoms with Crippen molar-refractivity contribution < 1.29 is 9.90 Å². The van der Waals surface area contributed by atoms with Gasteiger partial charge in [0.2, 0.25) is 0 Å². The Kier molecular flexibility index (Phi) is 3.71. The Balaban J connectivity index is 2.12. The number of carboxylic acids is 1. The third-order valence-corrected chi connectivity index (χ3v) is 4.39. The van der Waals surface area contributed by atoms with Crippen LogP contribution in [0.5, 0.6) is 0 Å². The number of hydrogen-bond donors (Lipinski definition) is 1. The number of pyridine rings is 1. The molecule has 1 heterocycles. The quantitative estimate of drug-likeness (QED) is 0.901. The van der Waals surface area contributed by atoms with Crippen molar-refractivity contribution in [2.24, 2.45) is 0 Å². The standard InChI is InChI=1S/C11H12ClNO2S/c12-9-5-7(11(14)15)6-13-10(9)16-8-3-1-2-4-8/h5-6,8H,1-4H2,(H,14,15). The van der Waals surface area contributed by atoms with Crippen LogP contribution in [0.2, 0.25) is 5.02 Å². The summed E-state index contributed by atoms with van der Waals surface area (Å²) in [5.41, 5.74) is 0.140. The van der Waals surface area contributed by atoms with Crippen molar-refractivity contribution in [2.75, 3.05) is 0 Å². The number of thioether (sulfide) groups is 1. The Bertz CT molecular complexity index is 405. The lowest BCUT2D eigenvalue weighted by Crippen LogP contribution is -2.00. The molecule has 0 spiro atoms. The second-order valence-corrected chi connectivity index (χ2v) is 5.54. The van der Waals surface area contributed by atoms with Gasteiger partial charge in [0.05, 0.1) is 10.6 Å². The van der Waals surface area contributed by atoms with E-state index in [1.165, 1.54) is 37.9 Å². The molecule has 1 aromatic rings. The van der Waals surface area contributed by atoms with Crippen molar-refractivity contribution >= 4 is 29.3 Å². The van der Waals surface area contributed by atoms with E-state index in [1.54, 1.807) is 11.8 Å². The number of aromatic nitrogens is 1. The number of rotatable bonds is 3. The highest BCUT2D eigenvalue weighted by Crippen LogP contribution is 2.36. The van der Waals surface area contributed by atoms with Gasteiger partial charge in [0, 0.05) is 11.4 Å². The fraction of sp³-hybridized carbons (Fsp3) is 0.455. The summed E-state index contributed by atoms with van der Waals surface area (Å²) in [6.45, 7) is 0. The summed E-state index contributed by atoms with van der Waals surface area (Å²) in [5.74, 6) is -0.994. The summed E-state index contributed by atoms with van der Waals surface area (Å²) in [5, 5.41) is 10.6. The van der Waals surface area contributed by atoms with E-state index < -0.39 is 5.97 Å². The van der Waals surface area contributed by atoms with E-state index >= 15 is 0 Å². The van der Waals surface area contributed by atoms with Crippen molar-refractivity contribution in [3.8, 4) is 0 Å². The molecule has 3 nitrogen and oxygen atoms in total. The Morgan fingerprint density at radius 1 is 1.50 bits per heavy atom. The minimum Gasteiger partial charge on any atom is -0.478 e. The highest BCUT2D eigenvalue weighted by molar-refractivity contribution is 8.00. The highest BCUT2D eigenvalue weighted by atomic mass is 35.5. The smallest absolute Gasteiger partial charge is 0.337 e. The monoisotopic (exact) mass is 257 g/mol. The third kappa shape index (κ3) is 2.68. The topological polar surface area (TPSA) is 50.2 Å². The lowest BCUT2D eigenvalue weighted by atomic mass is 10.3. The van der Waals surface area contributed by atoms with Crippen LogP contribution in [-0.2, 0) is 0 Å². The summed E-state index contributed by atoms with van der Waals surface area (Å²) in [6, 6.07) is 1.47. The summed E-state index contributed by atoms with van der Waals surface area (Å²) in [7, 11) is 0.